The van der Waals surface area contributed by atoms with Crippen molar-refractivity contribution in [2.24, 2.45) is 0 Å². The first-order valence-corrected chi connectivity index (χ1v) is 6.02. The topological polar surface area (TPSA) is 37.4 Å². The predicted molar refractivity (Wildman–Crippen MR) is 75.7 cm³/mol. The van der Waals surface area contributed by atoms with Crippen LogP contribution in [0, 0.1) is 6.92 Å². The quantitative estimate of drug-likeness (QED) is 0.788. The Morgan fingerprint density at radius 3 is 2.42 bits per heavy atom. The van der Waals surface area contributed by atoms with Gasteiger partial charge in [-0.1, -0.05) is 35.9 Å². The SMILES string of the molecule is Cc1ccc(C=O)c(C(=O)N(C)c2ccccc2)c1. The van der Waals surface area contributed by atoms with E-state index < -0.39 is 0 Å². The fourth-order valence-corrected chi connectivity index (χ4v) is 1.91. The molecule has 2 aromatic rings. The Morgan fingerprint density at radius 1 is 1.11 bits per heavy atom. The zero-order valence-corrected chi connectivity index (χ0v) is 11.0. The van der Waals surface area contributed by atoms with Crippen LogP contribution in [0.5, 0.6) is 0 Å². The van der Waals surface area contributed by atoms with E-state index in [1.54, 1.807) is 24.1 Å². The highest BCUT2D eigenvalue weighted by Crippen LogP contribution is 2.17. The fourth-order valence-electron chi connectivity index (χ4n) is 1.91. The first-order chi connectivity index (χ1) is 9.13. The number of amides is 1. The third-order valence-electron chi connectivity index (χ3n) is 3.01. The van der Waals surface area contributed by atoms with Gasteiger partial charge in [0.15, 0.2) is 6.29 Å². The summed E-state index contributed by atoms with van der Waals surface area (Å²) in [5.74, 6) is -0.183. The molecule has 0 atom stereocenters. The lowest BCUT2D eigenvalue weighted by Crippen LogP contribution is -2.27. The van der Waals surface area contributed by atoms with Gasteiger partial charge in [-0.25, -0.2) is 0 Å². The highest BCUT2D eigenvalue weighted by atomic mass is 16.2. The smallest absolute Gasteiger partial charge is 0.258 e. The molecule has 96 valence electrons. The second kappa shape index (κ2) is 5.48. The van der Waals surface area contributed by atoms with Crippen LogP contribution in [-0.4, -0.2) is 19.2 Å². The van der Waals surface area contributed by atoms with Crippen LogP contribution < -0.4 is 4.90 Å². The van der Waals surface area contributed by atoms with Gasteiger partial charge in [-0.2, -0.15) is 0 Å². The summed E-state index contributed by atoms with van der Waals surface area (Å²) < 4.78 is 0. The van der Waals surface area contributed by atoms with E-state index in [2.05, 4.69) is 0 Å². The molecule has 19 heavy (non-hydrogen) atoms. The van der Waals surface area contributed by atoms with Crippen LogP contribution in [0.25, 0.3) is 0 Å². The van der Waals surface area contributed by atoms with Crippen molar-refractivity contribution < 1.29 is 9.59 Å². The van der Waals surface area contributed by atoms with Crippen molar-refractivity contribution in [3.05, 3.63) is 65.2 Å². The van der Waals surface area contributed by atoms with Gasteiger partial charge in [-0.05, 0) is 25.1 Å². The molecule has 0 radical (unpaired) electrons. The van der Waals surface area contributed by atoms with Crippen molar-refractivity contribution in [3.63, 3.8) is 0 Å². The summed E-state index contributed by atoms with van der Waals surface area (Å²) in [7, 11) is 1.70. The Labute approximate surface area is 112 Å². The maximum absolute atomic E-state index is 12.4. The lowest BCUT2D eigenvalue weighted by molar-refractivity contribution is 0.0986. The molecule has 2 aromatic carbocycles. The summed E-state index contributed by atoms with van der Waals surface area (Å²) in [4.78, 5) is 25.0. The van der Waals surface area contributed by atoms with Gasteiger partial charge in [0.1, 0.15) is 0 Å². The van der Waals surface area contributed by atoms with E-state index in [1.165, 1.54) is 0 Å². The van der Waals surface area contributed by atoms with E-state index in [4.69, 9.17) is 0 Å². The monoisotopic (exact) mass is 253 g/mol. The largest absolute Gasteiger partial charge is 0.311 e. The van der Waals surface area contributed by atoms with Crippen LogP contribution in [0.3, 0.4) is 0 Å². The van der Waals surface area contributed by atoms with Gasteiger partial charge >= 0.3 is 0 Å². The molecule has 3 nitrogen and oxygen atoms in total. The van der Waals surface area contributed by atoms with E-state index in [0.717, 1.165) is 11.3 Å². The maximum Gasteiger partial charge on any atom is 0.258 e. The minimum atomic E-state index is -0.183. The molecule has 0 spiro atoms. The second-order valence-corrected chi connectivity index (χ2v) is 4.41. The van der Waals surface area contributed by atoms with E-state index in [9.17, 15) is 9.59 Å². The molecule has 0 aromatic heterocycles. The van der Waals surface area contributed by atoms with Crippen molar-refractivity contribution in [2.75, 3.05) is 11.9 Å². The van der Waals surface area contributed by atoms with Gasteiger partial charge < -0.3 is 4.90 Å². The number of rotatable bonds is 3. The summed E-state index contributed by atoms with van der Waals surface area (Å²) in [6.07, 6.45) is 0.714. The van der Waals surface area contributed by atoms with Crippen LogP contribution in [-0.2, 0) is 0 Å². The lowest BCUT2D eigenvalue weighted by Gasteiger charge is -2.18. The molecule has 1 amide bonds. The van der Waals surface area contributed by atoms with Gasteiger partial charge in [-0.15, -0.1) is 0 Å². The molecule has 0 aliphatic heterocycles. The first-order valence-electron chi connectivity index (χ1n) is 6.02. The van der Waals surface area contributed by atoms with Gasteiger partial charge in [0.05, 0.1) is 5.56 Å². The average molecular weight is 253 g/mol. The first kappa shape index (κ1) is 13.0. The van der Waals surface area contributed by atoms with Gasteiger partial charge in [0.25, 0.3) is 5.91 Å². The van der Waals surface area contributed by atoms with Crippen molar-refractivity contribution in [1.82, 2.24) is 0 Å². The molecule has 0 aliphatic rings. The molecule has 0 saturated carbocycles. The van der Waals surface area contributed by atoms with Crippen molar-refractivity contribution >= 4 is 17.9 Å². The highest BCUT2D eigenvalue weighted by molar-refractivity contribution is 6.10. The number of hydrogen-bond donors (Lipinski definition) is 0. The molecule has 0 saturated heterocycles. The number of anilines is 1. The second-order valence-electron chi connectivity index (χ2n) is 4.41. The lowest BCUT2D eigenvalue weighted by atomic mass is 10.0. The minimum Gasteiger partial charge on any atom is -0.311 e. The number of hydrogen-bond acceptors (Lipinski definition) is 2. The average Bonchev–Trinajstić information content (AvgIpc) is 2.46. The zero-order chi connectivity index (χ0) is 13.8. The molecular weight excluding hydrogens is 238 g/mol. The summed E-state index contributed by atoms with van der Waals surface area (Å²) >= 11 is 0. The summed E-state index contributed by atoms with van der Waals surface area (Å²) in [5, 5.41) is 0. The molecule has 2 rings (SSSR count). The highest BCUT2D eigenvalue weighted by Gasteiger charge is 2.16. The number of para-hydroxylation sites is 1. The molecule has 0 bridgehead atoms. The fraction of sp³-hybridized carbons (Fsp3) is 0.125. The molecule has 0 unspecified atom stereocenters. The Balaban J connectivity index is 2.39. The van der Waals surface area contributed by atoms with Gasteiger partial charge in [0.2, 0.25) is 0 Å². The molecule has 0 aliphatic carbocycles. The van der Waals surface area contributed by atoms with E-state index >= 15 is 0 Å². The van der Waals surface area contributed by atoms with E-state index in [0.29, 0.717) is 17.4 Å². The Hall–Kier alpha value is -2.42. The van der Waals surface area contributed by atoms with Crippen LogP contribution >= 0.6 is 0 Å². The minimum absolute atomic E-state index is 0.183. The Morgan fingerprint density at radius 2 is 1.79 bits per heavy atom. The van der Waals surface area contributed by atoms with E-state index in [1.807, 2.05) is 43.3 Å². The number of carbonyl (C=O) groups excluding carboxylic acids is 2. The third-order valence-corrected chi connectivity index (χ3v) is 3.01. The van der Waals surface area contributed by atoms with Crippen LogP contribution in [0.15, 0.2) is 48.5 Å². The zero-order valence-electron chi connectivity index (χ0n) is 11.0. The number of benzene rings is 2. The standard InChI is InChI=1S/C16H15NO2/c1-12-8-9-13(11-18)15(10-12)16(19)17(2)14-6-4-3-5-7-14/h3-11H,1-2H3. The number of nitrogens with zero attached hydrogens (tertiary/aromatic N) is 1. The van der Waals surface area contributed by atoms with Gasteiger partial charge in [0, 0.05) is 18.3 Å². The summed E-state index contributed by atoms with van der Waals surface area (Å²) in [6.45, 7) is 1.90. The molecule has 0 heterocycles. The number of aldehydes is 1. The Bertz CT molecular complexity index is 605. The molecule has 3 heteroatoms. The summed E-state index contributed by atoms with van der Waals surface area (Å²) in [6, 6.07) is 14.6. The number of aryl methyl sites for hydroxylation is 1. The molecule has 0 fully saturated rings. The summed E-state index contributed by atoms with van der Waals surface area (Å²) in [5.41, 5.74) is 2.60. The molecular formula is C16H15NO2. The molecule has 0 N–H and O–H groups in total. The Kier molecular flexibility index (Phi) is 3.76. The predicted octanol–water partition coefficient (Wildman–Crippen LogP) is 3.08. The maximum atomic E-state index is 12.4. The van der Waals surface area contributed by atoms with E-state index in [-0.39, 0.29) is 5.91 Å². The number of carbonyl (C=O) groups is 2. The van der Waals surface area contributed by atoms with Crippen LogP contribution in [0.4, 0.5) is 5.69 Å². The third kappa shape index (κ3) is 2.71. The van der Waals surface area contributed by atoms with Gasteiger partial charge in [-0.3, -0.25) is 9.59 Å². The van der Waals surface area contributed by atoms with Crippen molar-refractivity contribution in [3.8, 4) is 0 Å². The van der Waals surface area contributed by atoms with Crippen molar-refractivity contribution in [1.29, 1.82) is 0 Å². The van der Waals surface area contributed by atoms with Crippen LogP contribution in [0.1, 0.15) is 26.3 Å². The normalized spacial score (nSPS) is 10.0. The van der Waals surface area contributed by atoms with Crippen molar-refractivity contribution in [2.45, 2.75) is 6.92 Å². The van der Waals surface area contributed by atoms with Crippen LogP contribution in [0.2, 0.25) is 0 Å².